The summed E-state index contributed by atoms with van der Waals surface area (Å²) in [7, 11) is 0. The third kappa shape index (κ3) is 1.88. The zero-order chi connectivity index (χ0) is 10.8. The number of aromatic nitrogens is 3. The summed E-state index contributed by atoms with van der Waals surface area (Å²) in [6, 6.07) is 0. The van der Waals surface area contributed by atoms with E-state index in [1.807, 2.05) is 19.1 Å². The van der Waals surface area contributed by atoms with Crippen molar-refractivity contribution in [2.24, 2.45) is 5.92 Å². The van der Waals surface area contributed by atoms with Crippen LogP contribution in [0.5, 0.6) is 0 Å². The second-order valence-corrected chi connectivity index (χ2v) is 3.79. The minimum Gasteiger partial charge on any atom is -0.299 e. The van der Waals surface area contributed by atoms with Crippen molar-refractivity contribution < 1.29 is 4.79 Å². The van der Waals surface area contributed by atoms with E-state index < -0.39 is 0 Å². The standard InChI is InChI=1S/C11H13N3O/c1-8-3-4-11(10(7-8)9(2)15)14-12-5-6-13-14/h3-6,10H,7H2,1-2H3. The average molecular weight is 203 g/mol. The van der Waals surface area contributed by atoms with E-state index in [1.165, 1.54) is 10.4 Å². The van der Waals surface area contributed by atoms with Crippen LogP contribution in [0.4, 0.5) is 0 Å². The zero-order valence-electron chi connectivity index (χ0n) is 8.84. The molecule has 78 valence electrons. The van der Waals surface area contributed by atoms with E-state index in [-0.39, 0.29) is 11.7 Å². The molecule has 1 aromatic rings. The molecule has 1 aliphatic carbocycles. The number of carbonyl (C=O) groups excluding carboxylic acids is 1. The molecule has 0 saturated heterocycles. The van der Waals surface area contributed by atoms with Crippen molar-refractivity contribution in [3.05, 3.63) is 30.1 Å². The Kier molecular flexibility index (Phi) is 2.49. The molecule has 4 heteroatoms. The van der Waals surface area contributed by atoms with Crippen LogP contribution in [0.3, 0.4) is 0 Å². The monoisotopic (exact) mass is 203 g/mol. The highest BCUT2D eigenvalue weighted by Crippen LogP contribution is 2.27. The topological polar surface area (TPSA) is 47.8 Å². The molecule has 1 heterocycles. The van der Waals surface area contributed by atoms with E-state index in [9.17, 15) is 4.79 Å². The Labute approximate surface area is 88.3 Å². The SMILES string of the molecule is CC(=O)C1CC(C)=CC=C1n1nccn1. The van der Waals surface area contributed by atoms with E-state index >= 15 is 0 Å². The summed E-state index contributed by atoms with van der Waals surface area (Å²) in [6.45, 7) is 3.64. The summed E-state index contributed by atoms with van der Waals surface area (Å²) in [5.74, 6) is 0.0494. The lowest BCUT2D eigenvalue weighted by Gasteiger charge is -2.20. The first-order valence-electron chi connectivity index (χ1n) is 4.93. The summed E-state index contributed by atoms with van der Waals surface area (Å²) in [6.07, 6.45) is 7.93. The second-order valence-electron chi connectivity index (χ2n) is 3.79. The first-order chi connectivity index (χ1) is 7.18. The maximum atomic E-state index is 11.5. The molecule has 0 fully saturated rings. The largest absolute Gasteiger partial charge is 0.299 e. The fourth-order valence-corrected chi connectivity index (χ4v) is 1.75. The number of rotatable bonds is 2. The average Bonchev–Trinajstić information content (AvgIpc) is 2.70. The lowest BCUT2D eigenvalue weighted by atomic mass is 9.89. The molecule has 1 unspecified atom stereocenters. The second kappa shape index (κ2) is 3.81. The van der Waals surface area contributed by atoms with Crippen molar-refractivity contribution >= 4 is 11.5 Å². The van der Waals surface area contributed by atoms with Gasteiger partial charge in [0.05, 0.1) is 24.0 Å². The van der Waals surface area contributed by atoms with Crippen LogP contribution in [-0.2, 0) is 4.79 Å². The number of hydrogen-bond acceptors (Lipinski definition) is 3. The molecule has 2 rings (SSSR count). The third-order valence-corrected chi connectivity index (χ3v) is 2.56. The summed E-state index contributed by atoms with van der Waals surface area (Å²) in [5.41, 5.74) is 2.07. The molecule has 0 amide bonds. The summed E-state index contributed by atoms with van der Waals surface area (Å²) in [4.78, 5) is 13.0. The molecule has 0 aliphatic heterocycles. The van der Waals surface area contributed by atoms with E-state index in [2.05, 4.69) is 10.2 Å². The molecule has 1 atom stereocenters. The summed E-state index contributed by atoms with van der Waals surface area (Å²) in [5, 5.41) is 8.11. The molecule has 0 spiro atoms. The van der Waals surface area contributed by atoms with Crippen molar-refractivity contribution in [3.63, 3.8) is 0 Å². The van der Waals surface area contributed by atoms with Crippen LogP contribution in [-0.4, -0.2) is 20.8 Å². The fourth-order valence-electron chi connectivity index (χ4n) is 1.75. The Bertz CT molecular complexity index is 429. The van der Waals surface area contributed by atoms with Crippen LogP contribution < -0.4 is 0 Å². The Morgan fingerprint density at radius 3 is 2.67 bits per heavy atom. The maximum Gasteiger partial charge on any atom is 0.139 e. The van der Waals surface area contributed by atoms with Crippen molar-refractivity contribution in [2.45, 2.75) is 20.3 Å². The highest BCUT2D eigenvalue weighted by atomic mass is 16.1. The van der Waals surface area contributed by atoms with Crippen molar-refractivity contribution in [3.8, 4) is 0 Å². The third-order valence-electron chi connectivity index (χ3n) is 2.56. The molecule has 15 heavy (non-hydrogen) atoms. The normalized spacial score (nSPS) is 20.8. The van der Waals surface area contributed by atoms with Crippen molar-refractivity contribution in [2.75, 3.05) is 0 Å². The molecule has 4 nitrogen and oxygen atoms in total. The molecule has 1 aliphatic rings. The van der Waals surface area contributed by atoms with Crippen molar-refractivity contribution in [1.82, 2.24) is 15.0 Å². The van der Waals surface area contributed by atoms with Crippen LogP contribution in [0.25, 0.3) is 5.70 Å². The van der Waals surface area contributed by atoms with Gasteiger partial charge in [-0.25, -0.2) is 0 Å². The molecule has 0 N–H and O–H groups in total. The summed E-state index contributed by atoms with van der Waals surface area (Å²) < 4.78 is 0. The zero-order valence-corrected chi connectivity index (χ0v) is 8.84. The molecule has 1 aromatic heterocycles. The van der Waals surface area contributed by atoms with Gasteiger partial charge >= 0.3 is 0 Å². The van der Waals surface area contributed by atoms with Crippen LogP contribution in [0.15, 0.2) is 30.1 Å². The van der Waals surface area contributed by atoms with Crippen molar-refractivity contribution in [1.29, 1.82) is 0 Å². The summed E-state index contributed by atoms with van der Waals surface area (Å²) >= 11 is 0. The van der Waals surface area contributed by atoms with Gasteiger partial charge in [0.25, 0.3) is 0 Å². The van der Waals surface area contributed by atoms with Gasteiger partial charge in [0, 0.05) is 0 Å². The molecule has 0 bridgehead atoms. The number of allylic oxidation sites excluding steroid dienone is 4. The smallest absolute Gasteiger partial charge is 0.139 e. The Hall–Kier alpha value is -1.71. The number of ketones is 1. The quantitative estimate of drug-likeness (QED) is 0.734. The first kappa shape index (κ1) is 9.83. The molecular weight excluding hydrogens is 190 g/mol. The van der Waals surface area contributed by atoms with Crippen LogP contribution in [0.2, 0.25) is 0 Å². The number of carbonyl (C=O) groups is 1. The Morgan fingerprint density at radius 2 is 2.07 bits per heavy atom. The minimum atomic E-state index is -0.109. The lowest BCUT2D eigenvalue weighted by Crippen LogP contribution is -2.20. The van der Waals surface area contributed by atoms with Gasteiger partial charge in [0.2, 0.25) is 0 Å². The van der Waals surface area contributed by atoms with E-state index in [4.69, 9.17) is 0 Å². The highest BCUT2D eigenvalue weighted by molar-refractivity contribution is 5.88. The minimum absolute atomic E-state index is 0.109. The lowest BCUT2D eigenvalue weighted by molar-refractivity contribution is -0.119. The van der Waals surface area contributed by atoms with Gasteiger partial charge in [-0.1, -0.05) is 11.6 Å². The van der Waals surface area contributed by atoms with Gasteiger partial charge in [0.1, 0.15) is 5.78 Å². The van der Waals surface area contributed by atoms with Gasteiger partial charge in [-0.3, -0.25) is 4.79 Å². The van der Waals surface area contributed by atoms with Gasteiger partial charge < -0.3 is 0 Å². The number of hydrogen-bond donors (Lipinski definition) is 0. The van der Waals surface area contributed by atoms with Crippen LogP contribution in [0, 0.1) is 5.92 Å². The molecule has 0 saturated carbocycles. The molecular formula is C11H13N3O. The van der Waals surface area contributed by atoms with E-state index in [0.29, 0.717) is 0 Å². The van der Waals surface area contributed by atoms with E-state index in [1.54, 1.807) is 19.3 Å². The Morgan fingerprint density at radius 1 is 1.40 bits per heavy atom. The van der Waals surface area contributed by atoms with Gasteiger partial charge in [-0.15, -0.1) is 0 Å². The number of Topliss-reactive ketones (excluding diaryl/α,β-unsaturated/α-hetero) is 1. The predicted molar refractivity (Wildman–Crippen MR) is 56.8 cm³/mol. The predicted octanol–water partition coefficient (Wildman–Crippen LogP) is 1.67. The number of nitrogens with zero attached hydrogens (tertiary/aromatic N) is 3. The molecule has 0 radical (unpaired) electrons. The van der Waals surface area contributed by atoms with Gasteiger partial charge in [-0.2, -0.15) is 15.0 Å². The maximum absolute atomic E-state index is 11.5. The first-order valence-corrected chi connectivity index (χ1v) is 4.93. The van der Waals surface area contributed by atoms with E-state index in [0.717, 1.165) is 12.1 Å². The fraction of sp³-hybridized carbons (Fsp3) is 0.364. The molecule has 0 aromatic carbocycles. The highest BCUT2D eigenvalue weighted by Gasteiger charge is 2.24. The van der Waals surface area contributed by atoms with Gasteiger partial charge in [-0.05, 0) is 26.3 Å². The van der Waals surface area contributed by atoms with Crippen LogP contribution >= 0.6 is 0 Å². The van der Waals surface area contributed by atoms with Gasteiger partial charge in [0.15, 0.2) is 0 Å². The van der Waals surface area contributed by atoms with Crippen LogP contribution in [0.1, 0.15) is 20.3 Å². The Balaban J connectivity index is 2.39.